The first-order chi connectivity index (χ1) is 36.7. The molecule has 2 aromatic heterocycles. The molecule has 15 rings (SSSR count). The van der Waals surface area contributed by atoms with Gasteiger partial charge in [0.1, 0.15) is 0 Å². The van der Waals surface area contributed by atoms with Crippen molar-refractivity contribution in [1.29, 1.82) is 0 Å². The molecule has 5 heteroatoms. The van der Waals surface area contributed by atoms with Crippen molar-refractivity contribution >= 4 is 132 Å². The van der Waals surface area contributed by atoms with Gasteiger partial charge >= 0.3 is 0 Å². The third kappa shape index (κ3) is 6.62. The maximum absolute atomic E-state index is 2.67. The molecule has 0 N–H and O–H groups in total. The van der Waals surface area contributed by atoms with E-state index in [1.807, 2.05) is 11.3 Å². The second-order valence-corrected chi connectivity index (χ2v) is 27.7. The van der Waals surface area contributed by atoms with E-state index in [1.165, 1.54) is 142 Å². The molecule has 0 radical (unpaired) electrons. The molecule has 0 unspecified atom stereocenters. The van der Waals surface area contributed by atoms with Crippen LogP contribution < -0.4 is 25.5 Å². The van der Waals surface area contributed by atoms with E-state index < -0.39 is 0 Å². The lowest BCUT2D eigenvalue weighted by Gasteiger charge is -2.44. The summed E-state index contributed by atoms with van der Waals surface area (Å²) in [5.41, 5.74) is 21.5. The van der Waals surface area contributed by atoms with E-state index in [4.69, 9.17) is 0 Å². The fourth-order valence-electron chi connectivity index (χ4n) is 13.6. The van der Waals surface area contributed by atoms with E-state index in [1.54, 1.807) is 0 Å². The number of fused-ring (bicyclic) bond motifs is 7. The third-order valence-corrected chi connectivity index (χ3v) is 18.9. The predicted molar refractivity (Wildman–Crippen MR) is 336 cm³/mol. The van der Waals surface area contributed by atoms with Crippen molar-refractivity contribution in [2.45, 2.75) is 105 Å². The predicted octanol–water partition coefficient (Wildman–Crippen LogP) is 18.7. The molecule has 3 aliphatic rings. The van der Waals surface area contributed by atoms with Crippen molar-refractivity contribution in [2.75, 3.05) is 9.80 Å². The lowest BCUT2D eigenvalue weighted by molar-refractivity contribution is 0.590. The molecule has 0 bridgehead atoms. The highest BCUT2D eigenvalue weighted by Gasteiger charge is 2.46. The van der Waals surface area contributed by atoms with Gasteiger partial charge in [-0.15, -0.1) is 11.3 Å². The Morgan fingerprint density at radius 3 is 1.42 bits per heavy atom. The van der Waals surface area contributed by atoms with E-state index in [-0.39, 0.29) is 28.4 Å². The Morgan fingerprint density at radius 1 is 0.377 bits per heavy atom. The van der Waals surface area contributed by atoms with Crippen LogP contribution in [0.5, 0.6) is 0 Å². The molecule has 1 aliphatic carbocycles. The first-order valence-electron chi connectivity index (χ1n) is 27.8. The van der Waals surface area contributed by atoms with Gasteiger partial charge in [-0.05, 0) is 160 Å². The SMILES string of the molecule is CC(C)(C)c1ccc(N2c3ccc(C(C)(C)C)cc3B3c4sc5ccc(C(C)(C)C)cc5c4N(c4ccc(C(C)(C)C)cc4)c4cc(-n5c6ccc7cccc8c7c6c6c7c(ccc9cccc-8c97)ccc65)cc2c43)cc1. The van der Waals surface area contributed by atoms with Crippen LogP contribution in [0.1, 0.15) is 105 Å². The van der Waals surface area contributed by atoms with E-state index >= 15 is 0 Å². The molecule has 0 spiro atoms. The van der Waals surface area contributed by atoms with Crippen molar-refractivity contribution in [1.82, 2.24) is 4.57 Å². The summed E-state index contributed by atoms with van der Waals surface area (Å²) in [4.78, 5) is 5.29. The topological polar surface area (TPSA) is 11.4 Å². The summed E-state index contributed by atoms with van der Waals surface area (Å²) in [7, 11) is 0. The minimum Gasteiger partial charge on any atom is -0.311 e. The van der Waals surface area contributed by atoms with Crippen LogP contribution >= 0.6 is 11.3 Å². The number of benzene rings is 10. The van der Waals surface area contributed by atoms with E-state index in [2.05, 4.69) is 267 Å². The summed E-state index contributed by atoms with van der Waals surface area (Å²) in [6, 6.07) is 66.9. The average Bonchev–Trinajstić information content (AvgIpc) is 3.92. The van der Waals surface area contributed by atoms with Crippen LogP contribution in [0.4, 0.5) is 34.1 Å². The Kier molecular flexibility index (Phi) is 9.42. The van der Waals surface area contributed by atoms with Gasteiger partial charge in [-0.3, -0.25) is 0 Å². The van der Waals surface area contributed by atoms with Crippen LogP contribution in [0.3, 0.4) is 0 Å². The largest absolute Gasteiger partial charge is 0.311 e. The van der Waals surface area contributed by atoms with Gasteiger partial charge in [0.2, 0.25) is 0 Å². The van der Waals surface area contributed by atoms with Crippen LogP contribution in [0.2, 0.25) is 0 Å². The molecular formula is C72H64BN3S. The second kappa shape index (κ2) is 15.5. The van der Waals surface area contributed by atoms with Gasteiger partial charge in [0.25, 0.3) is 6.71 Å². The van der Waals surface area contributed by atoms with Gasteiger partial charge in [0.05, 0.1) is 22.4 Å². The molecule has 0 atom stereocenters. The number of aromatic nitrogens is 1. The zero-order chi connectivity index (χ0) is 53.0. The lowest BCUT2D eigenvalue weighted by Crippen LogP contribution is -2.60. The molecular weight excluding hydrogens is 950 g/mol. The Balaban J connectivity index is 1.12. The Bertz CT molecular complexity index is 4540. The van der Waals surface area contributed by atoms with Gasteiger partial charge in [0.15, 0.2) is 0 Å². The molecule has 376 valence electrons. The smallest absolute Gasteiger partial charge is 0.264 e. The molecule has 0 fully saturated rings. The number of hydrogen-bond donors (Lipinski definition) is 0. The van der Waals surface area contributed by atoms with Crippen LogP contribution in [-0.4, -0.2) is 11.3 Å². The van der Waals surface area contributed by atoms with Gasteiger partial charge in [-0.25, -0.2) is 0 Å². The second-order valence-electron chi connectivity index (χ2n) is 26.6. The first-order valence-corrected chi connectivity index (χ1v) is 28.6. The van der Waals surface area contributed by atoms with Crippen LogP contribution in [-0.2, 0) is 21.7 Å². The fraction of sp³-hybridized carbons (Fsp3) is 0.222. The average molecular weight is 1010 g/mol. The molecule has 0 amide bonds. The van der Waals surface area contributed by atoms with E-state index in [0.717, 1.165) is 11.4 Å². The van der Waals surface area contributed by atoms with Gasteiger partial charge in [-0.2, -0.15) is 0 Å². The van der Waals surface area contributed by atoms with Gasteiger partial charge in [-0.1, -0.05) is 186 Å². The Morgan fingerprint density at radius 2 is 0.844 bits per heavy atom. The summed E-state index contributed by atoms with van der Waals surface area (Å²) in [6.45, 7) is 28.0. The summed E-state index contributed by atoms with van der Waals surface area (Å²) in [5.74, 6) is 0. The maximum atomic E-state index is 2.67. The molecule has 0 saturated heterocycles. The molecule has 10 aromatic carbocycles. The monoisotopic (exact) mass is 1010 g/mol. The molecule has 12 aromatic rings. The van der Waals surface area contributed by atoms with Gasteiger partial charge in [0, 0.05) is 59.5 Å². The number of hydrogen-bond acceptors (Lipinski definition) is 3. The van der Waals surface area contributed by atoms with Gasteiger partial charge < -0.3 is 14.4 Å². The van der Waals surface area contributed by atoms with Crippen molar-refractivity contribution < 1.29 is 0 Å². The summed E-state index contributed by atoms with van der Waals surface area (Å²) in [5, 5.41) is 11.8. The zero-order valence-corrected chi connectivity index (χ0v) is 47.3. The lowest BCUT2D eigenvalue weighted by atomic mass is 9.36. The highest BCUT2D eigenvalue weighted by Crippen LogP contribution is 2.53. The highest BCUT2D eigenvalue weighted by molar-refractivity contribution is 7.33. The van der Waals surface area contributed by atoms with Crippen molar-refractivity contribution in [3.05, 3.63) is 192 Å². The molecule has 77 heavy (non-hydrogen) atoms. The number of nitrogens with zero attached hydrogens (tertiary/aromatic N) is 3. The van der Waals surface area contributed by atoms with E-state index in [9.17, 15) is 0 Å². The van der Waals surface area contributed by atoms with Crippen LogP contribution in [0.25, 0.3) is 81.0 Å². The molecule has 0 saturated carbocycles. The molecule has 4 heterocycles. The molecule has 2 aliphatic heterocycles. The van der Waals surface area contributed by atoms with Crippen molar-refractivity contribution in [2.24, 2.45) is 0 Å². The first kappa shape index (κ1) is 46.7. The number of anilines is 6. The minimum atomic E-state index is -0.0549. The summed E-state index contributed by atoms with van der Waals surface area (Å²) < 4.78 is 5.34. The normalized spacial score (nSPS) is 14.2. The van der Waals surface area contributed by atoms with Crippen molar-refractivity contribution in [3.63, 3.8) is 0 Å². The zero-order valence-electron chi connectivity index (χ0n) is 46.5. The minimum absolute atomic E-state index is 0.00335. The Labute approximate surface area is 457 Å². The fourth-order valence-corrected chi connectivity index (χ4v) is 14.9. The van der Waals surface area contributed by atoms with Crippen LogP contribution in [0.15, 0.2) is 170 Å². The summed E-state index contributed by atoms with van der Waals surface area (Å²) in [6.07, 6.45) is 0. The quantitative estimate of drug-likeness (QED) is 0.129. The standard InChI is InChI=1S/C72H64BN3S/c1-69(2,3)44-23-29-48(30-24-44)74-55-35-27-47(72(10,11)12)38-54(55)73-66-58(74)39-50(40-59(66)76(49-31-25-45(26-32-49)70(4,5)6)67-53-37-46(71(7,8)9)28-36-60(53)77-68(67)73)75-56-33-21-42-16-14-18-52-51-17-13-15-41-19-20-43-22-34-57(75)65(63(43)61(41)51)64(56)62(42)52/h13-40H,1-12H3. The molecule has 3 nitrogen and oxygen atoms in total. The maximum Gasteiger partial charge on any atom is 0.264 e. The number of rotatable bonds is 3. The summed E-state index contributed by atoms with van der Waals surface area (Å²) >= 11 is 1.99. The van der Waals surface area contributed by atoms with Crippen molar-refractivity contribution in [3.8, 4) is 16.8 Å². The third-order valence-electron chi connectivity index (χ3n) is 17.7. The van der Waals surface area contributed by atoms with E-state index in [0.29, 0.717) is 0 Å². The number of thiophene rings is 1. The highest BCUT2D eigenvalue weighted by atomic mass is 32.1. The Hall–Kier alpha value is -7.60. The van der Waals surface area contributed by atoms with Crippen LogP contribution in [0, 0.1) is 0 Å².